The molecule has 1 aromatic rings. The van der Waals surface area contributed by atoms with Gasteiger partial charge in [-0.3, -0.25) is 0 Å². The number of aromatic nitrogens is 2. The van der Waals surface area contributed by atoms with Crippen molar-refractivity contribution >= 4 is 15.9 Å². The molecule has 1 saturated carbocycles. The fraction of sp³-hybridized carbons (Fsp3) is 0.667. The lowest BCUT2D eigenvalue weighted by atomic mass is 10.0. The number of imidazole rings is 1. The van der Waals surface area contributed by atoms with E-state index < -0.39 is 6.17 Å². The van der Waals surface area contributed by atoms with Gasteiger partial charge in [0.15, 0.2) is 0 Å². The van der Waals surface area contributed by atoms with E-state index in [0.717, 1.165) is 12.2 Å². The number of hydrogen-bond acceptors (Lipinski definition) is 1. The van der Waals surface area contributed by atoms with Gasteiger partial charge in [0.2, 0.25) is 0 Å². The van der Waals surface area contributed by atoms with Crippen LogP contribution in [0.1, 0.15) is 19.2 Å². The van der Waals surface area contributed by atoms with E-state index in [0.29, 0.717) is 6.42 Å². The molecule has 72 valence electrons. The van der Waals surface area contributed by atoms with Crippen molar-refractivity contribution in [2.24, 2.45) is 5.41 Å². The predicted octanol–water partition coefficient (Wildman–Crippen LogP) is 2.46. The van der Waals surface area contributed by atoms with Crippen molar-refractivity contribution in [3.63, 3.8) is 0 Å². The van der Waals surface area contributed by atoms with Gasteiger partial charge in [0, 0.05) is 29.1 Å². The summed E-state index contributed by atoms with van der Waals surface area (Å²) in [5.41, 5.74) is -0.174. The summed E-state index contributed by atoms with van der Waals surface area (Å²) in [6.07, 6.45) is 4.30. The summed E-state index contributed by atoms with van der Waals surface area (Å²) in [5.74, 6) is 0.919. The lowest BCUT2D eigenvalue weighted by Gasteiger charge is -2.15. The molecule has 1 aliphatic rings. The number of halogens is 2. The first kappa shape index (κ1) is 9.19. The van der Waals surface area contributed by atoms with Crippen LogP contribution in [0.4, 0.5) is 4.39 Å². The number of nitrogens with one attached hydrogen (secondary N) is 1. The highest BCUT2D eigenvalue weighted by Crippen LogP contribution is 2.54. The zero-order chi connectivity index (χ0) is 9.47. The van der Waals surface area contributed by atoms with E-state index in [4.69, 9.17) is 0 Å². The minimum Gasteiger partial charge on any atom is -0.349 e. The van der Waals surface area contributed by atoms with Gasteiger partial charge in [-0.2, -0.15) is 0 Å². The largest absolute Gasteiger partial charge is 0.349 e. The molecule has 13 heavy (non-hydrogen) atoms. The standard InChI is InChI=1S/C9H12BrFN2/c1-9(5-7(9)11)6(10)4-8-12-2-3-13-8/h2-3,6-7H,4-5H2,1H3,(H,12,13). The summed E-state index contributed by atoms with van der Waals surface area (Å²) < 4.78 is 13.0. The zero-order valence-electron chi connectivity index (χ0n) is 7.43. The molecule has 0 spiro atoms. The molecule has 1 aliphatic carbocycles. The van der Waals surface area contributed by atoms with Crippen molar-refractivity contribution in [1.29, 1.82) is 0 Å². The maximum atomic E-state index is 13.0. The SMILES string of the molecule is CC1(C(Br)Cc2ncc[nH]2)CC1F. The monoisotopic (exact) mass is 246 g/mol. The van der Waals surface area contributed by atoms with Gasteiger partial charge in [-0.25, -0.2) is 9.37 Å². The lowest BCUT2D eigenvalue weighted by molar-refractivity contribution is 0.370. The Balaban J connectivity index is 1.96. The molecule has 0 radical (unpaired) electrons. The van der Waals surface area contributed by atoms with Crippen LogP contribution in [0.2, 0.25) is 0 Å². The molecule has 3 unspecified atom stereocenters. The van der Waals surface area contributed by atoms with Crippen LogP contribution in [0.5, 0.6) is 0 Å². The number of aromatic amines is 1. The highest BCUT2D eigenvalue weighted by molar-refractivity contribution is 9.09. The fourth-order valence-corrected chi connectivity index (χ4v) is 2.24. The van der Waals surface area contributed by atoms with Crippen molar-refractivity contribution in [3.05, 3.63) is 18.2 Å². The Bertz CT molecular complexity index is 288. The van der Waals surface area contributed by atoms with Crippen LogP contribution in [-0.4, -0.2) is 21.0 Å². The molecular weight excluding hydrogens is 235 g/mol. The van der Waals surface area contributed by atoms with Crippen LogP contribution < -0.4 is 0 Å². The lowest BCUT2D eigenvalue weighted by Crippen LogP contribution is -2.18. The van der Waals surface area contributed by atoms with E-state index in [1.165, 1.54) is 0 Å². The first-order valence-corrected chi connectivity index (χ1v) is 5.31. The second-order valence-corrected chi connectivity index (χ2v) is 4.99. The Labute approximate surface area is 85.1 Å². The third kappa shape index (κ3) is 1.64. The van der Waals surface area contributed by atoms with Gasteiger partial charge in [-0.05, 0) is 6.42 Å². The van der Waals surface area contributed by atoms with Crippen LogP contribution in [0.25, 0.3) is 0 Å². The summed E-state index contributed by atoms with van der Waals surface area (Å²) >= 11 is 3.52. The van der Waals surface area contributed by atoms with Crippen molar-refractivity contribution < 1.29 is 4.39 Å². The molecule has 2 rings (SSSR count). The molecule has 3 atom stereocenters. The zero-order valence-corrected chi connectivity index (χ0v) is 9.01. The average Bonchev–Trinajstić information content (AvgIpc) is 2.53. The summed E-state index contributed by atoms with van der Waals surface area (Å²) in [6.45, 7) is 1.97. The van der Waals surface area contributed by atoms with E-state index in [1.807, 2.05) is 6.92 Å². The average molecular weight is 247 g/mol. The molecule has 0 aromatic carbocycles. The maximum Gasteiger partial charge on any atom is 0.107 e. The van der Waals surface area contributed by atoms with Crippen LogP contribution in [0.3, 0.4) is 0 Å². The first-order chi connectivity index (χ1) is 6.13. The summed E-state index contributed by atoms with van der Waals surface area (Å²) in [7, 11) is 0. The molecule has 1 heterocycles. The van der Waals surface area contributed by atoms with Crippen LogP contribution >= 0.6 is 15.9 Å². The van der Waals surface area contributed by atoms with E-state index >= 15 is 0 Å². The molecule has 1 fully saturated rings. The first-order valence-electron chi connectivity index (χ1n) is 4.39. The third-order valence-electron chi connectivity index (χ3n) is 2.82. The van der Waals surface area contributed by atoms with Gasteiger partial charge in [0.1, 0.15) is 12.0 Å². The van der Waals surface area contributed by atoms with Crippen LogP contribution in [-0.2, 0) is 6.42 Å². The maximum absolute atomic E-state index is 13.0. The second kappa shape index (κ2) is 3.08. The van der Waals surface area contributed by atoms with Crippen LogP contribution in [0.15, 0.2) is 12.4 Å². The summed E-state index contributed by atoms with van der Waals surface area (Å²) in [6, 6.07) is 0. The highest BCUT2D eigenvalue weighted by atomic mass is 79.9. The molecule has 0 bridgehead atoms. The van der Waals surface area contributed by atoms with Gasteiger partial charge in [0.05, 0.1) is 0 Å². The number of rotatable bonds is 3. The normalized spacial score (nSPS) is 34.5. The number of H-pyrrole nitrogens is 1. The van der Waals surface area contributed by atoms with Crippen molar-refractivity contribution in [2.45, 2.75) is 30.8 Å². The van der Waals surface area contributed by atoms with Gasteiger partial charge in [0.25, 0.3) is 0 Å². The third-order valence-corrected chi connectivity index (χ3v) is 4.19. The Morgan fingerprint density at radius 3 is 3.08 bits per heavy atom. The summed E-state index contributed by atoms with van der Waals surface area (Å²) in [5, 5.41) is 0. The van der Waals surface area contributed by atoms with E-state index in [1.54, 1.807) is 12.4 Å². The Morgan fingerprint density at radius 2 is 2.62 bits per heavy atom. The molecule has 0 saturated heterocycles. The van der Waals surface area contributed by atoms with Gasteiger partial charge in [-0.1, -0.05) is 22.9 Å². The Kier molecular flexibility index (Phi) is 2.18. The Morgan fingerprint density at radius 1 is 1.92 bits per heavy atom. The predicted molar refractivity (Wildman–Crippen MR) is 52.6 cm³/mol. The molecular formula is C9H12BrFN2. The van der Waals surface area contributed by atoms with Crippen molar-refractivity contribution in [2.75, 3.05) is 0 Å². The number of hydrogen-bond donors (Lipinski definition) is 1. The van der Waals surface area contributed by atoms with Crippen molar-refractivity contribution in [1.82, 2.24) is 9.97 Å². The van der Waals surface area contributed by atoms with Gasteiger partial charge < -0.3 is 4.98 Å². The molecule has 1 aromatic heterocycles. The topological polar surface area (TPSA) is 28.7 Å². The minimum absolute atomic E-state index is 0.174. The molecule has 1 N–H and O–H groups in total. The highest BCUT2D eigenvalue weighted by Gasteiger charge is 2.55. The van der Waals surface area contributed by atoms with E-state index in [-0.39, 0.29) is 10.2 Å². The van der Waals surface area contributed by atoms with E-state index in [2.05, 4.69) is 25.9 Å². The number of alkyl halides is 2. The Hall–Kier alpha value is -0.380. The smallest absolute Gasteiger partial charge is 0.107 e. The van der Waals surface area contributed by atoms with Crippen LogP contribution in [0, 0.1) is 5.41 Å². The van der Waals surface area contributed by atoms with E-state index in [9.17, 15) is 4.39 Å². The molecule has 4 heteroatoms. The molecule has 0 amide bonds. The summed E-state index contributed by atoms with van der Waals surface area (Å²) in [4.78, 5) is 7.32. The van der Waals surface area contributed by atoms with Crippen molar-refractivity contribution in [3.8, 4) is 0 Å². The molecule has 2 nitrogen and oxygen atoms in total. The van der Waals surface area contributed by atoms with Gasteiger partial charge >= 0.3 is 0 Å². The fourth-order valence-electron chi connectivity index (χ4n) is 1.46. The number of nitrogens with zero attached hydrogens (tertiary/aromatic N) is 1. The van der Waals surface area contributed by atoms with Gasteiger partial charge in [-0.15, -0.1) is 0 Å². The minimum atomic E-state index is -0.646. The quantitative estimate of drug-likeness (QED) is 0.816. The molecule has 0 aliphatic heterocycles. The second-order valence-electron chi connectivity index (χ2n) is 3.89.